The molecule has 0 unspecified atom stereocenters. The number of halogens is 3. The van der Waals surface area contributed by atoms with Crippen molar-refractivity contribution in [2.75, 3.05) is 0 Å². The van der Waals surface area contributed by atoms with E-state index in [1.54, 1.807) is 12.1 Å². The van der Waals surface area contributed by atoms with Crippen molar-refractivity contribution in [1.29, 1.82) is 0 Å². The fourth-order valence-corrected chi connectivity index (χ4v) is 7.39. The SMILES string of the molecule is CC(C)(C)c1cc(-c2nccc3[te]c(-c4ccc(CC(C)(C)C(F)(F)F)cc4)nc23)cc2ccccc12. The Hall–Kier alpha value is -2.68. The van der Waals surface area contributed by atoms with E-state index in [2.05, 4.69) is 63.2 Å². The van der Waals surface area contributed by atoms with Gasteiger partial charge in [0.25, 0.3) is 0 Å². The van der Waals surface area contributed by atoms with E-state index in [1.165, 1.54) is 33.6 Å². The zero-order valence-electron chi connectivity index (χ0n) is 21.6. The Balaban J connectivity index is 1.55. The summed E-state index contributed by atoms with van der Waals surface area (Å²) >= 11 is -0.740. The molecule has 0 bridgehead atoms. The molecule has 37 heavy (non-hydrogen) atoms. The third-order valence-electron chi connectivity index (χ3n) is 6.86. The van der Waals surface area contributed by atoms with Gasteiger partial charge >= 0.3 is 226 Å². The van der Waals surface area contributed by atoms with Crippen LogP contribution in [0, 0.1) is 5.41 Å². The summed E-state index contributed by atoms with van der Waals surface area (Å²) in [6.45, 7) is 9.17. The Morgan fingerprint density at radius 1 is 0.811 bits per heavy atom. The average Bonchev–Trinajstić information content (AvgIpc) is 3.27. The molecule has 0 aliphatic carbocycles. The molecule has 6 heteroatoms. The summed E-state index contributed by atoms with van der Waals surface area (Å²) in [7, 11) is 0. The molecule has 2 heterocycles. The molecule has 0 N–H and O–H groups in total. The zero-order valence-corrected chi connectivity index (χ0v) is 23.9. The van der Waals surface area contributed by atoms with E-state index in [0.717, 1.165) is 26.0 Å². The van der Waals surface area contributed by atoms with Gasteiger partial charge in [-0.1, -0.05) is 0 Å². The number of rotatable bonds is 4. The van der Waals surface area contributed by atoms with Crippen LogP contribution in [0.4, 0.5) is 13.2 Å². The van der Waals surface area contributed by atoms with E-state index in [9.17, 15) is 13.2 Å². The number of aromatic nitrogens is 2. The van der Waals surface area contributed by atoms with Crippen LogP contribution in [-0.2, 0) is 11.8 Å². The van der Waals surface area contributed by atoms with Gasteiger partial charge < -0.3 is 0 Å². The Labute approximate surface area is 225 Å². The second-order valence-electron chi connectivity index (χ2n) is 11.3. The molecule has 0 saturated heterocycles. The average molecular weight is 614 g/mol. The molecule has 0 saturated carbocycles. The van der Waals surface area contributed by atoms with Gasteiger partial charge in [0.1, 0.15) is 0 Å². The second-order valence-corrected chi connectivity index (χ2v) is 14.2. The van der Waals surface area contributed by atoms with Gasteiger partial charge in [0.15, 0.2) is 0 Å². The van der Waals surface area contributed by atoms with Gasteiger partial charge in [0.05, 0.1) is 0 Å². The van der Waals surface area contributed by atoms with Crippen molar-refractivity contribution in [1.82, 2.24) is 9.97 Å². The Bertz CT molecular complexity index is 1590. The number of benzene rings is 3. The molecule has 2 aromatic heterocycles. The van der Waals surface area contributed by atoms with Crippen LogP contribution < -0.4 is 0 Å². The summed E-state index contributed by atoms with van der Waals surface area (Å²) in [6.07, 6.45) is -2.42. The molecular weight excluding hydrogens is 585 g/mol. The van der Waals surface area contributed by atoms with Crippen LogP contribution in [0.25, 0.3) is 40.2 Å². The van der Waals surface area contributed by atoms with Crippen LogP contribution >= 0.6 is 0 Å². The van der Waals surface area contributed by atoms with E-state index < -0.39 is 32.0 Å². The predicted octanol–water partition coefficient (Wildman–Crippen LogP) is 8.60. The predicted molar refractivity (Wildman–Crippen MR) is 147 cm³/mol. The molecule has 0 spiro atoms. The van der Waals surface area contributed by atoms with Crippen LogP contribution in [0.3, 0.4) is 0 Å². The van der Waals surface area contributed by atoms with Gasteiger partial charge in [-0.2, -0.15) is 0 Å². The molecule has 2 nitrogen and oxygen atoms in total. The van der Waals surface area contributed by atoms with Gasteiger partial charge in [-0.3, -0.25) is 0 Å². The fraction of sp³-hybridized carbons (Fsp3) is 0.290. The summed E-state index contributed by atoms with van der Waals surface area (Å²) in [5.74, 6) is 0. The standard InChI is InChI=1S/C31H29F3N2Te/c1-29(2,3)24-17-22(16-21-8-6-7-9-23(21)24)26-27-25(14-15-35-26)37-28(36-27)20-12-10-19(11-13-20)18-30(4,5)31(32,33)34/h6-17H,18H2,1-5H3. The van der Waals surface area contributed by atoms with Crippen molar-refractivity contribution < 1.29 is 13.2 Å². The number of hydrogen-bond donors (Lipinski definition) is 0. The van der Waals surface area contributed by atoms with Gasteiger partial charge in [0, 0.05) is 0 Å². The molecule has 5 rings (SSSR count). The summed E-state index contributed by atoms with van der Waals surface area (Å²) in [6, 6.07) is 22.4. The van der Waals surface area contributed by atoms with Gasteiger partial charge in [0.2, 0.25) is 0 Å². The third kappa shape index (κ3) is 5.07. The second kappa shape index (κ2) is 9.26. The number of pyridine rings is 1. The molecular formula is C31H29F3N2Te. The van der Waals surface area contributed by atoms with E-state index in [0.29, 0.717) is 5.56 Å². The fourth-order valence-electron chi connectivity index (χ4n) is 4.63. The van der Waals surface area contributed by atoms with Crippen molar-refractivity contribution in [3.05, 3.63) is 84.1 Å². The molecule has 3 aromatic carbocycles. The molecule has 0 atom stereocenters. The Morgan fingerprint density at radius 3 is 2.19 bits per heavy atom. The molecule has 5 aromatic rings. The Morgan fingerprint density at radius 2 is 1.51 bits per heavy atom. The molecule has 0 fully saturated rings. The maximum atomic E-state index is 13.3. The first kappa shape index (κ1) is 25.9. The van der Waals surface area contributed by atoms with Crippen LogP contribution in [0.1, 0.15) is 45.7 Å². The summed E-state index contributed by atoms with van der Waals surface area (Å²) in [5.41, 5.74) is 4.01. The first-order valence-electron chi connectivity index (χ1n) is 12.3. The van der Waals surface area contributed by atoms with E-state index in [4.69, 9.17) is 9.97 Å². The Kier molecular flexibility index (Phi) is 6.49. The maximum absolute atomic E-state index is 13.3. The molecule has 0 aliphatic heterocycles. The van der Waals surface area contributed by atoms with Crippen LogP contribution in [0.15, 0.2) is 72.9 Å². The van der Waals surface area contributed by atoms with Crippen molar-refractivity contribution in [2.24, 2.45) is 5.41 Å². The summed E-state index contributed by atoms with van der Waals surface area (Å²) in [5, 5.41) is 2.43. The first-order chi connectivity index (χ1) is 17.3. The quantitative estimate of drug-likeness (QED) is 0.190. The molecule has 190 valence electrons. The number of hydrogen-bond acceptors (Lipinski definition) is 2. The molecule has 0 radical (unpaired) electrons. The van der Waals surface area contributed by atoms with Crippen molar-refractivity contribution >= 4 is 40.1 Å². The molecule has 0 aliphatic rings. The topological polar surface area (TPSA) is 25.8 Å². The van der Waals surface area contributed by atoms with Crippen LogP contribution in [-0.4, -0.2) is 36.6 Å². The normalized spacial score (nSPS) is 13.0. The number of nitrogens with zero attached hydrogens (tertiary/aromatic N) is 2. The van der Waals surface area contributed by atoms with Crippen molar-refractivity contribution in [3.63, 3.8) is 0 Å². The van der Waals surface area contributed by atoms with E-state index in [1.807, 2.05) is 18.3 Å². The summed E-state index contributed by atoms with van der Waals surface area (Å²) in [4.78, 5) is 9.81. The monoisotopic (exact) mass is 616 g/mol. The van der Waals surface area contributed by atoms with E-state index in [-0.39, 0.29) is 11.8 Å². The third-order valence-corrected chi connectivity index (χ3v) is 9.92. The number of fused-ring (bicyclic) bond motifs is 2. The van der Waals surface area contributed by atoms with Crippen LogP contribution in [0.5, 0.6) is 0 Å². The van der Waals surface area contributed by atoms with Gasteiger partial charge in [-0.15, -0.1) is 0 Å². The summed E-state index contributed by atoms with van der Waals surface area (Å²) < 4.78 is 42.3. The van der Waals surface area contributed by atoms with Crippen molar-refractivity contribution in [2.45, 2.75) is 52.6 Å². The van der Waals surface area contributed by atoms with E-state index >= 15 is 0 Å². The zero-order chi connectivity index (χ0) is 26.6. The number of alkyl halides is 3. The molecule has 0 amide bonds. The van der Waals surface area contributed by atoms with Gasteiger partial charge in [-0.05, 0) is 0 Å². The van der Waals surface area contributed by atoms with Crippen molar-refractivity contribution in [3.8, 4) is 20.5 Å². The van der Waals surface area contributed by atoms with Crippen LogP contribution in [0.2, 0.25) is 0 Å². The minimum atomic E-state index is -4.24. The minimum absolute atomic E-state index is 0.0292. The first-order valence-corrected chi connectivity index (χ1v) is 14.6. The van der Waals surface area contributed by atoms with Gasteiger partial charge in [-0.25, -0.2) is 0 Å².